The third-order valence-corrected chi connectivity index (χ3v) is 20.4. The Morgan fingerprint density at radius 2 is 1.07 bits per heavy atom. The summed E-state index contributed by atoms with van der Waals surface area (Å²) >= 11 is 12.6. The predicted molar refractivity (Wildman–Crippen MR) is 326 cm³/mol. The zero-order valence-corrected chi connectivity index (χ0v) is 52.4. The third-order valence-electron chi connectivity index (χ3n) is 17.1. The zero-order valence-electron chi connectivity index (χ0n) is 49.3. The van der Waals surface area contributed by atoms with Crippen molar-refractivity contribution in [3.05, 3.63) is 130 Å². The van der Waals surface area contributed by atoms with Crippen LogP contribution in [-0.2, 0) is 32.9 Å². The van der Waals surface area contributed by atoms with Crippen molar-refractivity contribution in [1.82, 2.24) is 44.3 Å². The number of benzene rings is 2. The van der Waals surface area contributed by atoms with E-state index in [0.29, 0.717) is 58.8 Å². The molecule has 17 nitrogen and oxygen atoms in total. The van der Waals surface area contributed by atoms with E-state index in [1.807, 2.05) is 12.1 Å². The van der Waals surface area contributed by atoms with E-state index < -0.39 is 31.9 Å². The minimum atomic E-state index is -4.11. The van der Waals surface area contributed by atoms with Gasteiger partial charge in [0.2, 0.25) is 11.8 Å². The van der Waals surface area contributed by atoms with Gasteiger partial charge in [0.15, 0.2) is 11.6 Å². The molecule has 3 N–H and O–H groups in total. The number of hydrogen-bond acceptors (Lipinski definition) is 13. The molecule has 3 aliphatic carbocycles. The van der Waals surface area contributed by atoms with Crippen LogP contribution in [0.5, 0.6) is 11.8 Å². The highest BCUT2D eigenvalue weighted by Crippen LogP contribution is 2.49. The number of rotatable bonds is 26. The lowest BCUT2D eigenvalue weighted by Gasteiger charge is -2.17. The summed E-state index contributed by atoms with van der Waals surface area (Å²) in [6.07, 6.45) is 23.5. The predicted octanol–water partition coefficient (Wildman–Crippen LogP) is 12.9. The molecular formula is C63H81Cl2N9O8S2. The molecule has 2 atom stereocenters. The van der Waals surface area contributed by atoms with Crippen LogP contribution in [0.3, 0.4) is 0 Å². The van der Waals surface area contributed by atoms with E-state index in [9.17, 15) is 26.4 Å². The summed E-state index contributed by atoms with van der Waals surface area (Å²) in [4.78, 5) is 34.4. The lowest BCUT2D eigenvalue weighted by Crippen LogP contribution is -2.31. The van der Waals surface area contributed by atoms with E-state index in [1.165, 1.54) is 91.4 Å². The van der Waals surface area contributed by atoms with E-state index in [0.717, 1.165) is 81.4 Å². The van der Waals surface area contributed by atoms with Gasteiger partial charge in [0.25, 0.3) is 31.9 Å². The Morgan fingerprint density at radius 3 is 1.48 bits per heavy atom. The molecule has 5 heterocycles. The smallest absolute Gasteiger partial charge is 0.268 e. The van der Waals surface area contributed by atoms with Crippen LogP contribution in [0, 0.1) is 28.1 Å². The Balaban J connectivity index is 0.000000202. The number of nitrogens with zero attached hydrogens (tertiary/aromatic N) is 6. The van der Waals surface area contributed by atoms with Crippen molar-refractivity contribution in [3.8, 4) is 23.4 Å². The average Bonchev–Trinajstić information content (AvgIpc) is 4.10. The van der Waals surface area contributed by atoms with E-state index in [2.05, 4.69) is 76.5 Å². The maximum atomic E-state index is 13.1. The number of carbonyl (C=O) groups excluding carboxylic acids is 2. The van der Waals surface area contributed by atoms with Crippen molar-refractivity contribution in [2.45, 2.75) is 172 Å². The Labute approximate surface area is 505 Å². The third kappa shape index (κ3) is 17.6. The van der Waals surface area contributed by atoms with Crippen molar-refractivity contribution in [3.63, 3.8) is 0 Å². The minimum absolute atomic E-state index is 0.0375. The number of aryl methyl sites for hydroxylation is 2. The number of aromatic nitrogens is 6. The minimum Gasteiger partial charge on any atom is -0.477 e. The number of amides is 2. The summed E-state index contributed by atoms with van der Waals surface area (Å²) in [5.74, 6) is 1.50. The van der Waals surface area contributed by atoms with Gasteiger partial charge in [-0.05, 0) is 204 Å². The first-order valence-electron chi connectivity index (χ1n) is 29.6. The Kier molecular flexibility index (Phi) is 19.7. The van der Waals surface area contributed by atoms with Crippen molar-refractivity contribution in [2.24, 2.45) is 28.1 Å². The van der Waals surface area contributed by atoms with Crippen molar-refractivity contribution in [2.75, 3.05) is 19.8 Å². The summed E-state index contributed by atoms with van der Waals surface area (Å²) in [6.45, 7) is 15.9. The van der Waals surface area contributed by atoms with Gasteiger partial charge >= 0.3 is 0 Å². The fraction of sp³-hybridized carbons (Fsp3) is 0.524. The summed E-state index contributed by atoms with van der Waals surface area (Å²) < 4.78 is 71.0. The Bertz CT molecular complexity index is 3290. The van der Waals surface area contributed by atoms with Gasteiger partial charge in [0.1, 0.15) is 10.3 Å². The van der Waals surface area contributed by atoms with Gasteiger partial charge in [0.05, 0.1) is 34.1 Å². The number of sulfonamides is 2. The quantitative estimate of drug-likeness (QED) is 0.0340. The number of hydrogen-bond donors (Lipinski definition) is 3. The molecule has 10 rings (SSSR count). The van der Waals surface area contributed by atoms with Crippen LogP contribution in [0.15, 0.2) is 107 Å². The van der Waals surface area contributed by atoms with Gasteiger partial charge in [-0.2, -0.15) is 0 Å². The highest BCUT2D eigenvalue weighted by molar-refractivity contribution is 7.90. The molecule has 2 aromatic carbocycles. The highest BCUT2D eigenvalue weighted by atomic mass is 35.5. The second-order valence-corrected chi connectivity index (χ2v) is 29.9. The first-order valence-corrected chi connectivity index (χ1v) is 33.3. The van der Waals surface area contributed by atoms with E-state index in [-0.39, 0.29) is 36.8 Å². The maximum absolute atomic E-state index is 13.1. The zero-order chi connectivity index (χ0) is 59.9. The fourth-order valence-corrected chi connectivity index (χ4v) is 13.8. The molecule has 0 radical (unpaired) electrons. The summed E-state index contributed by atoms with van der Waals surface area (Å²) in [5, 5.41) is 12.0. The summed E-state index contributed by atoms with van der Waals surface area (Å²) in [7, 11) is -8.20. The Morgan fingerprint density at radius 1 is 0.607 bits per heavy atom. The number of ether oxygens (including phenoxy) is 2. The second-order valence-electron chi connectivity index (χ2n) is 25.8. The van der Waals surface area contributed by atoms with Crippen LogP contribution in [0.4, 0.5) is 0 Å². The molecule has 2 amide bonds. The van der Waals surface area contributed by atoms with Gasteiger partial charge < -0.3 is 14.8 Å². The molecule has 21 heteroatoms. The lowest BCUT2D eigenvalue weighted by atomic mass is 9.89. The molecule has 4 fully saturated rings. The highest BCUT2D eigenvalue weighted by Gasteiger charge is 2.38. The van der Waals surface area contributed by atoms with Crippen LogP contribution in [0.2, 0.25) is 10.3 Å². The standard InChI is InChI=1S/C32H41ClN4O4S.C31H40ClN5O4S/c1-31(2)15-13-24(22-31)8-5-4-7-23-9-6-10-25(21-23)42(39,40)36-30(38)26-11-12-27(34-29(26)33)37-19-14-28(35-37)41-20-18-32(3)16-17-32;1-30(2)20-23(21-33-30)8-5-4-7-22-9-6-10-24(19-22)42(39,40)36-29(38)25-11-12-26(34-28(25)32)37-17-13-27(35-37)41-18-16-31(3)14-15-31/h6,9-12,14,19,21,24H,4-5,7-8,13,15-18,20,22H2,1-3H3,(H,36,38);6,9-13,17,19,23,33H,4-5,7-8,14-16,18,20-21H2,1-3H3,(H,36,38). The normalized spacial score (nSPS) is 19.0. The average molecular weight is 1230 g/mol. The van der Waals surface area contributed by atoms with E-state index >= 15 is 0 Å². The first kappa shape index (κ1) is 62.7. The van der Waals surface area contributed by atoms with Gasteiger partial charge in [-0.25, -0.2) is 45.6 Å². The molecule has 4 aromatic heterocycles. The maximum Gasteiger partial charge on any atom is 0.268 e. The first-order chi connectivity index (χ1) is 39.8. The second kappa shape index (κ2) is 26.4. The van der Waals surface area contributed by atoms with E-state index in [4.69, 9.17) is 32.7 Å². The molecule has 4 aliphatic rings. The van der Waals surface area contributed by atoms with Crippen molar-refractivity contribution >= 4 is 55.1 Å². The number of carbonyl (C=O) groups is 2. The molecule has 0 bridgehead atoms. The number of nitrogens with one attached hydrogen (secondary N) is 3. The molecule has 0 spiro atoms. The van der Waals surface area contributed by atoms with Gasteiger partial charge in [-0.3, -0.25) is 9.59 Å². The summed E-state index contributed by atoms with van der Waals surface area (Å²) in [6, 6.07) is 23.0. The molecule has 452 valence electrons. The fourth-order valence-electron chi connectivity index (χ4n) is 11.2. The lowest BCUT2D eigenvalue weighted by molar-refractivity contribution is 0.0972. The van der Waals surface area contributed by atoms with Crippen LogP contribution in [0.25, 0.3) is 11.6 Å². The Hall–Kier alpha value is -5.86. The molecule has 84 heavy (non-hydrogen) atoms. The molecular weight excluding hydrogens is 1150 g/mol. The van der Waals surface area contributed by atoms with Crippen molar-refractivity contribution < 1.29 is 35.9 Å². The monoisotopic (exact) mass is 1230 g/mol. The van der Waals surface area contributed by atoms with Gasteiger partial charge in [0, 0.05) is 30.1 Å². The number of pyridine rings is 2. The SMILES string of the molecule is CC1(C)CCC(CCCCc2cccc(S(=O)(=O)NC(=O)c3ccc(-n4ccc(OCCC5(C)CC5)n4)nc3Cl)c2)C1.CC1(CCOc2ccn(-c3ccc(C(=O)NS(=O)(=O)c4cccc(CCCCC5CNC(C)(C)C5)c4)c(Cl)n3)n2)CC1. The van der Waals surface area contributed by atoms with E-state index in [1.54, 1.807) is 60.9 Å². The van der Waals surface area contributed by atoms with Crippen LogP contribution < -0.4 is 24.2 Å². The largest absolute Gasteiger partial charge is 0.477 e. The molecule has 1 saturated heterocycles. The summed E-state index contributed by atoms with van der Waals surface area (Å²) in [5.41, 5.74) is 3.24. The molecule has 1 aliphatic heterocycles. The van der Waals surface area contributed by atoms with Gasteiger partial charge in [-0.1, -0.05) is 94.4 Å². The topological polar surface area (TPSA) is 218 Å². The molecule has 6 aromatic rings. The molecule has 3 saturated carbocycles. The van der Waals surface area contributed by atoms with Crippen molar-refractivity contribution in [1.29, 1.82) is 0 Å². The van der Waals surface area contributed by atoms with Crippen LogP contribution in [-0.4, -0.2) is 83.5 Å². The van der Waals surface area contributed by atoms with Crippen LogP contribution >= 0.6 is 23.2 Å². The number of halogens is 2. The van der Waals surface area contributed by atoms with Crippen LogP contribution in [0.1, 0.15) is 176 Å². The van der Waals surface area contributed by atoms with Gasteiger partial charge in [-0.15, -0.1) is 10.2 Å². The number of unbranched alkanes of at least 4 members (excludes halogenated alkanes) is 2. The molecule has 2 unspecified atom stereocenters.